The van der Waals surface area contributed by atoms with E-state index in [1.54, 1.807) is 6.07 Å². The molecule has 0 aliphatic carbocycles. The van der Waals surface area contributed by atoms with Crippen molar-refractivity contribution in [2.45, 2.75) is 31.8 Å². The lowest BCUT2D eigenvalue weighted by molar-refractivity contribution is -0.385. The molecule has 1 fully saturated rings. The van der Waals surface area contributed by atoms with Crippen molar-refractivity contribution in [1.82, 2.24) is 10.6 Å². The van der Waals surface area contributed by atoms with Crippen LogP contribution in [0.5, 0.6) is 0 Å². The average molecular weight is 379 g/mol. The summed E-state index contributed by atoms with van der Waals surface area (Å²) in [6.45, 7) is 2.94. The lowest BCUT2D eigenvalue weighted by Crippen LogP contribution is -2.46. The maximum Gasteiger partial charge on any atom is 0.271 e. The maximum atomic E-state index is 12.2. The monoisotopic (exact) mass is 377 g/mol. The highest BCUT2D eigenvalue weighted by Crippen LogP contribution is 2.21. The van der Waals surface area contributed by atoms with E-state index in [-0.39, 0.29) is 30.0 Å². The molecule has 0 aromatic heterocycles. The van der Waals surface area contributed by atoms with Crippen LogP contribution in [0, 0.1) is 10.1 Å². The third kappa shape index (κ3) is 4.94. The molecule has 1 amide bonds. The van der Waals surface area contributed by atoms with Crippen molar-refractivity contribution in [3.8, 4) is 0 Å². The Morgan fingerprint density at radius 3 is 2.81 bits per heavy atom. The molecule has 0 radical (unpaired) electrons. The fraction of sp³-hybridized carbons (Fsp3) is 0.462. The van der Waals surface area contributed by atoms with Gasteiger partial charge >= 0.3 is 0 Å². The van der Waals surface area contributed by atoms with Crippen molar-refractivity contribution in [3.63, 3.8) is 0 Å². The summed E-state index contributed by atoms with van der Waals surface area (Å²) < 4.78 is 0.524. The third-order valence-corrected chi connectivity index (χ3v) is 3.77. The molecule has 1 saturated heterocycles. The Labute approximate surface area is 137 Å². The predicted molar refractivity (Wildman–Crippen MR) is 86.0 cm³/mol. The van der Waals surface area contributed by atoms with Gasteiger partial charge in [0.05, 0.1) is 4.92 Å². The summed E-state index contributed by atoms with van der Waals surface area (Å²) in [5.41, 5.74) is 0.209. The summed E-state index contributed by atoms with van der Waals surface area (Å²) in [6, 6.07) is 4.74. The number of non-ortho nitro benzene ring substituents is 1. The molecular weight excluding hydrogens is 362 g/mol. The van der Waals surface area contributed by atoms with Gasteiger partial charge in [-0.15, -0.1) is 12.4 Å². The SMILES string of the molecule is CC1CC(NC(=O)c2cc(Br)cc([N+](=O)[O-])c2)CCN1.Cl. The fourth-order valence-corrected chi connectivity index (χ4v) is 2.82. The van der Waals surface area contributed by atoms with Crippen LogP contribution in [-0.2, 0) is 0 Å². The van der Waals surface area contributed by atoms with Crippen LogP contribution < -0.4 is 10.6 Å². The molecule has 21 heavy (non-hydrogen) atoms. The van der Waals surface area contributed by atoms with Gasteiger partial charge in [0.25, 0.3) is 11.6 Å². The Balaban J connectivity index is 0.00000220. The predicted octanol–water partition coefficient (Wildman–Crippen LogP) is 2.65. The van der Waals surface area contributed by atoms with E-state index in [1.165, 1.54) is 12.1 Å². The highest BCUT2D eigenvalue weighted by molar-refractivity contribution is 9.10. The first kappa shape index (κ1) is 17.9. The normalized spacial score (nSPS) is 21.2. The Kier molecular flexibility index (Phi) is 6.57. The Morgan fingerprint density at radius 2 is 2.19 bits per heavy atom. The highest BCUT2D eigenvalue weighted by atomic mass is 79.9. The molecule has 2 rings (SSSR count). The number of amides is 1. The zero-order chi connectivity index (χ0) is 14.7. The zero-order valence-corrected chi connectivity index (χ0v) is 13.9. The number of nitro benzene ring substituents is 1. The quantitative estimate of drug-likeness (QED) is 0.625. The van der Waals surface area contributed by atoms with E-state index in [1.807, 2.05) is 0 Å². The second kappa shape index (κ2) is 7.72. The molecule has 0 spiro atoms. The molecule has 8 heteroatoms. The smallest absolute Gasteiger partial charge is 0.271 e. The van der Waals surface area contributed by atoms with Gasteiger partial charge in [-0.3, -0.25) is 14.9 Å². The van der Waals surface area contributed by atoms with Crippen molar-refractivity contribution in [2.24, 2.45) is 0 Å². The molecule has 2 N–H and O–H groups in total. The van der Waals surface area contributed by atoms with E-state index in [2.05, 4.69) is 33.5 Å². The van der Waals surface area contributed by atoms with E-state index < -0.39 is 4.92 Å². The topological polar surface area (TPSA) is 84.3 Å². The molecule has 1 heterocycles. The molecule has 2 unspecified atom stereocenters. The largest absolute Gasteiger partial charge is 0.349 e. The minimum atomic E-state index is -0.506. The molecule has 2 atom stereocenters. The first-order valence-electron chi connectivity index (χ1n) is 6.45. The summed E-state index contributed by atoms with van der Waals surface area (Å²) in [6.07, 6.45) is 1.73. The first-order valence-corrected chi connectivity index (χ1v) is 7.24. The van der Waals surface area contributed by atoms with E-state index in [0.29, 0.717) is 16.1 Å². The lowest BCUT2D eigenvalue weighted by Gasteiger charge is -2.28. The van der Waals surface area contributed by atoms with Gasteiger partial charge in [-0.25, -0.2) is 0 Å². The van der Waals surface area contributed by atoms with Crippen LogP contribution in [0.2, 0.25) is 0 Å². The Morgan fingerprint density at radius 1 is 1.48 bits per heavy atom. The molecule has 1 aromatic carbocycles. The van der Waals surface area contributed by atoms with Gasteiger partial charge in [-0.05, 0) is 32.4 Å². The fourth-order valence-electron chi connectivity index (χ4n) is 2.34. The summed E-state index contributed by atoms with van der Waals surface area (Å²) in [5.74, 6) is -0.270. The van der Waals surface area contributed by atoms with E-state index in [9.17, 15) is 14.9 Å². The van der Waals surface area contributed by atoms with Gasteiger partial charge in [0, 0.05) is 34.3 Å². The third-order valence-electron chi connectivity index (χ3n) is 3.31. The zero-order valence-electron chi connectivity index (χ0n) is 11.5. The van der Waals surface area contributed by atoms with Gasteiger partial charge < -0.3 is 10.6 Å². The molecule has 0 bridgehead atoms. The molecule has 1 aliphatic heterocycles. The maximum absolute atomic E-state index is 12.2. The number of nitrogens with one attached hydrogen (secondary N) is 2. The van der Waals surface area contributed by atoms with E-state index >= 15 is 0 Å². The number of hydrogen-bond acceptors (Lipinski definition) is 4. The second-order valence-electron chi connectivity index (χ2n) is 5.01. The lowest BCUT2D eigenvalue weighted by atomic mass is 10.0. The van der Waals surface area contributed by atoms with Crippen LogP contribution in [0.25, 0.3) is 0 Å². The van der Waals surface area contributed by atoms with Gasteiger partial charge in [0.2, 0.25) is 0 Å². The summed E-state index contributed by atoms with van der Waals surface area (Å²) in [7, 11) is 0. The summed E-state index contributed by atoms with van der Waals surface area (Å²) in [4.78, 5) is 22.5. The average Bonchev–Trinajstić information content (AvgIpc) is 2.37. The van der Waals surface area contributed by atoms with Gasteiger partial charge in [-0.2, -0.15) is 0 Å². The van der Waals surface area contributed by atoms with Crippen LogP contribution in [0.1, 0.15) is 30.1 Å². The van der Waals surface area contributed by atoms with Gasteiger partial charge in [0.1, 0.15) is 0 Å². The molecule has 1 aliphatic rings. The van der Waals surface area contributed by atoms with Crippen molar-refractivity contribution >= 4 is 39.9 Å². The van der Waals surface area contributed by atoms with Crippen LogP contribution in [-0.4, -0.2) is 29.5 Å². The van der Waals surface area contributed by atoms with Crippen LogP contribution in [0.15, 0.2) is 22.7 Å². The van der Waals surface area contributed by atoms with E-state index in [0.717, 1.165) is 19.4 Å². The van der Waals surface area contributed by atoms with Crippen LogP contribution in [0.3, 0.4) is 0 Å². The first-order chi connectivity index (χ1) is 9.45. The molecule has 6 nitrogen and oxygen atoms in total. The number of benzene rings is 1. The number of nitrogens with zero attached hydrogens (tertiary/aromatic N) is 1. The number of carbonyl (C=O) groups excluding carboxylic acids is 1. The van der Waals surface area contributed by atoms with Crippen molar-refractivity contribution in [2.75, 3.05) is 6.54 Å². The molecule has 0 saturated carbocycles. The van der Waals surface area contributed by atoms with Crippen LogP contribution in [0.4, 0.5) is 5.69 Å². The van der Waals surface area contributed by atoms with Crippen LogP contribution >= 0.6 is 28.3 Å². The molecule has 116 valence electrons. The Hall–Kier alpha value is -1.18. The summed E-state index contributed by atoms with van der Waals surface area (Å²) in [5, 5.41) is 17.1. The Bertz CT molecular complexity index is 541. The number of hydrogen-bond donors (Lipinski definition) is 2. The number of carbonyl (C=O) groups is 1. The standard InChI is InChI=1S/C13H16BrN3O3.ClH/c1-8-4-11(2-3-15-8)16-13(18)9-5-10(14)7-12(6-9)17(19)20;/h5-8,11,15H,2-4H2,1H3,(H,16,18);1H. The van der Waals surface area contributed by atoms with E-state index in [4.69, 9.17) is 0 Å². The van der Waals surface area contributed by atoms with Crippen molar-refractivity contribution in [3.05, 3.63) is 38.3 Å². The van der Waals surface area contributed by atoms with Gasteiger partial charge in [0.15, 0.2) is 0 Å². The van der Waals surface area contributed by atoms with Crippen molar-refractivity contribution < 1.29 is 9.72 Å². The second-order valence-corrected chi connectivity index (χ2v) is 5.92. The highest BCUT2D eigenvalue weighted by Gasteiger charge is 2.21. The van der Waals surface area contributed by atoms with Crippen molar-refractivity contribution in [1.29, 1.82) is 0 Å². The molecular formula is C13H17BrClN3O3. The number of rotatable bonds is 3. The molecule has 1 aromatic rings. The van der Waals surface area contributed by atoms with Gasteiger partial charge in [-0.1, -0.05) is 15.9 Å². The summed E-state index contributed by atoms with van der Waals surface area (Å²) >= 11 is 3.19. The minimum Gasteiger partial charge on any atom is -0.349 e. The minimum absolute atomic E-state index is 0. The number of piperidine rings is 1. The number of halogens is 2. The number of nitro groups is 1.